The Hall–Kier alpha value is -0.750. The summed E-state index contributed by atoms with van der Waals surface area (Å²) in [4.78, 5) is 3.42. The van der Waals surface area contributed by atoms with E-state index in [1.54, 1.807) is 0 Å². The lowest BCUT2D eigenvalue weighted by Gasteiger charge is -2.11. The van der Waals surface area contributed by atoms with Crippen LogP contribution in [0.1, 0.15) is 23.2 Å². The molecule has 1 aromatic rings. The van der Waals surface area contributed by atoms with Gasteiger partial charge in [-0.1, -0.05) is 15.9 Å². The van der Waals surface area contributed by atoms with Crippen molar-refractivity contribution in [1.29, 1.82) is 0 Å². The van der Waals surface area contributed by atoms with Gasteiger partial charge < -0.3 is 10.2 Å². The van der Waals surface area contributed by atoms with E-state index in [2.05, 4.69) is 20.9 Å². The molecule has 1 rings (SSSR count). The lowest BCUT2D eigenvalue weighted by atomic mass is 10.1. The van der Waals surface area contributed by atoms with Gasteiger partial charge in [0.05, 0.1) is 12.8 Å². The SMILES string of the molecule is OCc1c(O)cnc(C(F)F)c1CBr. The minimum absolute atomic E-state index is 0.0900. The Kier molecular flexibility index (Phi) is 3.77. The summed E-state index contributed by atoms with van der Waals surface area (Å²) >= 11 is 3.01. The van der Waals surface area contributed by atoms with E-state index in [9.17, 15) is 13.9 Å². The molecule has 0 fully saturated rings. The van der Waals surface area contributed by atoms with E-state index >= 15 is 0 Å². The first kappa shape index (κ1) is 11.3. The second kappa shape index (κ2) is 4.65. The van der Waals surface area contributed by atoms with E-state index in [0.717, 1.165) is 6.20 Å². The Morgan fingerprint density at radius 3 is 2.50 bits per heavy atom. The third kappa shape index (κ3) is 2.01. The molecule has 0 unspecified atom stereocenters. The summed E-state index contributed by atoms with van der Waals surface area (Å²) in [5, 5.41) is 18.2. The summed E-state index contributed by atoms with van der Waals surface area (Å²) in [6.07, 6.45) is -1.80. The zero-order valence-corrected chi connectivity index (χ0v) is 8.63. The number of nitrogens with zero attached hydrogens (tertiary/aromatic N) is 1. The van der Waals surface area contributed by atoms with Gasteiger partial charge >= 0.3 is 0 Å². The van der Waals surface area contributed by atoms with Gasteiger partial charge in [-0.2, -0.15) is 0 Å². The van der Waals surface area contributed by atoms with Crippen molar-refractivity contribution in [3.8, 4) is 5.75 Å². The maximum Gasteiger partial charge on any atom is 0.280 e. The first-order valence-electron chi connectivity index (χ1n) is 3.76. The average Bonchev–Trinajstić information content (AvgIpc) is 2.16. The highest BCUT2D eigenvalue weighted by Gasteiger charge is 2.19. The van der Waals surface area contributed by atoms with Gasteiger partial charge in [0.2, 0.25) is 0 Å². The van der Waals surface area contributed by atoms with Crippen molar-refractivity contribution in [3.05, 3.63) is 23.0 Å². The molecule has 14 heavy (non-hydrogen) atoms. The lowest BCUT2D eigenvalue weighted by molar-refractivity contribution is 0.144. The van der Waals surface area contributed by atoms with E-state index in [4.69, 9.17) is 5.11 Å². The van der Waals surface area contributed by atoms with E-state index in [1.807, 2.05) is 0 Å². The third-order valence-corrected chi connectivity index (χ3v) is 2.37. The molecule has 2 N–H and O–H groups in total. The van der Waals surface area contributed by atoms with Crippen LogP contribution in [0.3, 0.4) is 0 Å². The highest BCUT2D eigenvalue weighted by molar-refractivity contribution is 9.08. The van der Waals surface area contributed by atoms with Gasteiger partial charge in [-0.25, -0.2) is 8.78 Å². The molecule has 6 heteroatoms. The van der Waals surface area contributed by atoms with Crippen molar-refractivity contribution < 1.29 is 19.0 Å². The quantitative estimate of drug-likeness (QED) is 0.825. The molecule has 0 aliphatic rings. The molecular weight excluding hydrogens is 260 g/mol. The Balaban J connectivity index is 3.33. The zero-order valence-electron chi connectivity index (χ0n) is 7.04. The van der Waals surface area contributed by atoms with Crippen LogP contribution in [0.5, 0.6) is 5.75 Å². The monoisotopic (exact) mass is 267 g/mol. The highest BCUT2D eigenvalue weighted by atomic mass is 79.9. The molecule has 0 radical (unpaired) electrons. The van der Waals surface area contributed by atoms with Crippen LogP contribution in [0.15, 0.2) is 6.20 Å². The van der Waals surface area contributed by atoms with Crippen molar-refractivity contribution in [2.45, 2.75) is 18.4 Å². The molecule has 3 nitrogen and oxygen atoms in total. The van der Waals surface area contributed by atoms with Crippen LogP contribution in [0, 0.1) is 0 Å². The van der Waals surface area contributed by atoms with Gasteiger partial charge in [0.1, 0.15) is 11.4 Å². The largest absolute Gasteiger partial charge is 0.506 e. The van der Waals surface area contributed by atoms with Crippen LogP contribution >= 0.6 is 15.9 Å². The molecule has 0 aliphatic heterocycles. The number of aromatic hydroxyl groups is 1. The lowest BCUT2D eigenvalue weighted by Crippen LogP contribution is -2.02. The standard InChI is InChI=1S/C8H8BrF2NO2/c9-1-4-5(3-13)6(14)2-12-7(4)8(10)11/h2,8,13-14H,1,3H2. The summed E-state index contributed by atoms with van der Waals surface area (Å²) < 4.78 is 24.8. The van der Waals surface area contributed by atoms with Crippen molar-refractivity contribution in [2.24, 2.45) is 0 Å². The van der Waals surface area contributed by atoms with E-state index in [0.29, 0.717) is 0 Å². The molecule has 0 saturated carbocycles. The molecule has 0 bridgehead atoms. The highest BCUT2D eigenvalue weighted by Crippen LogP contribution is 2.30. The van der Waals surface area contributed by atoms with Gasteiger partial charge in [0.25, 0.3) is 6.43 Å². The summed E-state index contributed by atoms with van der Waals surface area (Å²) in [6, 6.07) is 0. The van der Waals surface area contributed by atoms with Gasteiger partial charge in [-0.15, -0.1) is 0 Å². The molecule has 0 amide bonds. The van der Waals surface area contributed by atoms with Crippen LogP contribution in [-0.4, -0.2) is 15.2 Å². The van der Waals surface area contributed by atoms with Gasteiger partial charge in [0, 0.05) is 10.9 Å². The van der Waals surface area contributed by atoms with Crippen LogP contribution in [0.2, 0.25) is 0 Å². The van der Waals surface area contributed by atoms with Crippen molar-refractivity contribution in [1.82, 2.24) is 4.98 Å². The van der Waals surface area contributed by atoms with E-state index in [1.165, 1.54) is 0 Å². The smallest absolute Gasteiger partial charge is 0.280 e. The Morgan fingerprint density at radius 1 is 1.43 bits per heavy atom. The van der Waals surface area contributed by atoms with Gasteiger partial charge in [0.15, 0.2) is 0 Å². The number of aliphatic hydroxyl groups is 1. The minimum Gasteiger partial charge on any atom is -0.506 e. The third-order valence-electron chi connectivity index (χ3n) is 1.81. The zero-order chi connectivity index (χ0) is 10.7. The molecule has 0 saturated heterocycles. The minimum atomic E-state index is -2.71. The summed E-state index contributed by atoms with van der Waals surface area (Å²) in [6.45, 7) is -0.491. The first-order valence-corrected chi connectivity index (χ1v) is 4.88. The second-order valence-corrected chi connectivity index (χ2v) is 3.14. The van der Waals surface area contributed by atoms with Crippen LogP contribution in [0.4, 0.5) is 8.78 Å². The summed E-state index contributed by atoms with van der Waals surface area (Å²) in [5.41, 5.74) is -0.182. The number of aliphatic hydroxyl groups excluding tert-OH is 1. The Bertz CT molecular complexity index is 333. The molecule has 78 valence electrons. The fourth-order valence-corrected chi connectivity index (χ4v) is 1.73. The summed E-state index contributed by atoms with van der Waals surface area (Å²) in [7, 11) is 0. The maximum absolute atomic E-state index is 12.4. The van der Waals surface area contributed by atoms with Crippen LogP contribution in [-0.2, 0) is 11.9 Å². The second-order valence-electron chi connectivity index (χ2n) is 2.58. The van der Waals surface area contributed by atoms with Crippen LogP contribution in [0.25, 0.3) is 0 Å². The molecule has 0 atom stereocenters. The number of pyridine rings is 1. The number of rotatable bonds is 3. The average molecular weight is 268 g/mol. The summed E-state index contributed by atoms with van der Waals surface area (Å²) in [5.74, 6) is -0.272. The number of hydrogen-bond acceptors (Lipinski definition) is 3. The molecule has 0 aliphatic carbocycles. The number of alkyl halides is 3. The topological polar surface area (TPSA) is 53.4 Å². The first-order chi connectivity index (χ1) is 6.61. The number of aromatic nitrogens is 1. The van der Waals surface area contributed by atoms with Crippen molar-refractivity contribution in [2.75, 3.05) is 0 Å². The van der Waals surface area contributed by atoms with E-state index in [-0.39, 0.29) is 22.2 Å². The predicted octanol–water partition coefficient (Wildman–Crippen LogP) is 2.11. The normalized spacial score (nSPS) is 10.9. The van der Waals surface area contributed by atoms with Crippen molar-refractivity contribution >= 4 is 15.9 Å². The fourth-order valence-electron chi connectivity index (χ4n) is 1.11. The fraction of sp³-hybridized carbons (Fsp3) is 0.375. The Morgan fingerprint density at radius 2 is 2.07 bits per heavy atom. The van der Waals surface area contributed by atoms with Crippen molar-refractivity contribution in [3.63, 3.8) is 0 Å². The number of hydrogen-bond donors (Lipinski definition) is 2. The molecule has 0 spiro atoms. The van der Waals surface area contributed by atoms with Gasteiger partial charge in [-0.3, -0.25) is 4.98 Å². The van der Waals surface area contributed by atoms with Gasteiger partial charge in [-0.05, 0) is 5.56 Å². The number of halogens is 3. The predicted molar refractivity (Wildman–Crippen MR) is 49.4 cm³/mol. The maximum atomic E-state index is 12.4. The molecule has 0 aromatic carbocycles. The van der Waals surface area contributed by atoms with Crippen LogP contribution < -0.4 is 0 Å². The molecule has 1 heterocycles. The van der Waals surface area contributed by atoms with E-state index < -0.39 is 18.7 Å². The molecular formula is C8H8BrF2NO2. The Labute approximate surface area is 87.5 Å². The molecule has 1 aromatic heterocycles.